The third-order valence-corrected chi connectivity index (χ3v) is 2.81. The number of anilines is 1. The number of hydrogen-bond acceptors (Lipinski definition) is 2. The number of nitriles is 1. The van der Waals surface area contributed by atoms with Gasteiger partial charge in [0.1, 0.15) is 0 Å². The lowest BCUT2D eigenvalue weighted by Crippen LogP contribution is -2.30. The quantitative estimate of drug-likeness (QED) is 0.794. The minimum atomic E-state index is 0.498. The van der Waals surface area contributed by atoms with Crippen molar-refractivity contribution in [1.82, 2.24) is 5.32 Å². The van der Waals surface area contributed by atoms with Crippen molar-refractivity contribution in [2.75, 3.05) is 5.32 Å². The first kappa shape index (κ1) is 11.2. The molecule has 0 unspecified atom stereocenters. The van der Waals surface area contributed by atoms with Gasteiger partial charge in [0.05, 0.1) is 22.3 Å². The van der Waals surface area contributed by atoms with Gasteiger partial charge in [-0.15, -0.1) is 0 Å². The van der Waals surface area contributed by atoms with Crippen LogP contribution in [-0.2, 0) is 0 Å². The van der Waals surface area contributed by atoms with Gasteiger partial charge in [0, 0.05) is 6.04 Å². The van der Waals surface area contributed by atoms with Crippen LogP contribution in [-0.4, -0.2) is 11.2 Å². The maximum atomic E-state index is 8.77. The molecule has 2 N–H and O–H groups in total. The van der Waals surface area contributed by atoms with Crippen LogP contribution in [0, 0.1) is 11.3 Å². The molecule has 1 aliphatic rings. The van der Waals surface area contributed by atoms with Crippen molar-refractivity contribution < 1.29 is 0 Å². The van der Waals surface area contributed by atoms with Crippen molar-refractivity contribution in [1.29, 1.82) is 5.26 Å². The second kappa shape index (κ2) is 4.69. The molecule has 0 saturated heterocycles. The van der Waals surface area contributed by atoms with E-state index in [0.717, 1.165) is 12.8 Å². The molecule has 1 fully saturated rings. The summed E-state index contributed by atoms with van der Waals surface area (Å²) in [5, 5.41) is 16.0. The van der Waals surface area contributed by atoms with Crippen LogP contribution in [0.3, 0.4) is 0 Å². The zero-order valence-electron chi connectivity index (χ0n) is 8.46. The fourth-order valence-corrected chi connectivity index (χ4v) is 1.70. The predicted molar refractivity (Wildman–Crippen MR) is 68.5 cm³/mol. The zero-order valence-corrected chi connectivity index (χ0v) is 10.0. The van der Waals surface area contributed by atoms with Gasteiger partial charge in [-0.2, -0.15) is 5.26 Å². The molecule has 1 aromatic carbocycles. The highest BCUT2D eigenvalue weighted by Gasteiger charge is 2.21. The maximum Gasteiger partial charge on any atom is 0.171 e. The third kappa shape index (κ3) is 2.84. The van der Waals surface area contributed by atoms with Gasteiger partial charge in [-0.1, -0.05) is 11.6 Å². The monoisotopic (exact) mass is 251 g/mol. The highest BCUT2D eigenvalue weighted by molar-refractivity contribution is 7.80. The second-order valence-electron chi connectivity index (χ2n) is 3.68. The molecule has 0 radical (unpaired) electrons. The maximum absolute atomic E-state index is 8.77. The summed E-state index contributed by atoms with van der Waals surface area (Å²) in [6.07, 6.45) is 2.32. The van der Waals surface area contributed by atoms with E-state index < -0.39 is 0 Å². The van der Waals surface area contributed by atoms with Crippen LogP contribution in [0.15, 0.2) is 18.2 Å². The van der Waals surface area contributed by atoms with E-state index in [-0.39, 0.29) is 0 Å². The molecule has 5 heteroatoms. The molecule has 0 aliphatic heterocycles. The van der Waals surface area contributed by atoms with Crippen LogP contribution >= 0.6 is 23.8 Å². The smallest absolute Gasteiger partial charge is 0.171 e. The SMILES string of the molecule is N#Cc1ccc(Cl)c(NC(=S)NC2CC2)c1. The number of nitrogens with one attached hydrogen (secondary N) is 2. The van der Waals surface area contributed by atoms with E-state index in [1.165, 1.54) is 0 Å². The van der Waals surface area contributed by atoms with Crippen molar-refractivity contribution in [2.24, 2.45) is 0 Å². The minimum Gasteiger partial charge on any atom is -0.360 e. The van der Waals surface area contributed by atoms with Crippen molar-refractivity contribution >= 4 is 34.6 Å². The molecule has 1 aliphatic carbocycles. The lowest BCUT2D eigenvalue weighted by molar-refractivity contribution is 0.919. The largest absolute Gasteiger partial charge is 0.360 e. The molecule has 0 bridgehead atoms. The number of thiocarbonyl (C=S) groups is 1. The average molecular weight is 252 g/mol. The van der Waals surface area contributed by atoms with Crippen molar-refractivity contribution in [3.63, 3.8) is 0 Å². The van der Waals surface area contributed by atoms with E-state index >= 15 is 0 Å². The molecule has 82 valence electrons. The van der Waals surface area contributed by atoms with Crippen LogP contribution in [0.1, 0.15) is 18.4 Å². The summed E-state index contributed by atoms with van der Waals surface area (Å²) in [5.74, 6) is 0. The van der Waals surface area contributed by atoms with Crippen LogP contribution in [0.25, 0.3) is 0 Å². The number of hydrogen-bond donors (Lipinski definition) is 2. The Labute approximate surface area is 104 Å². The van der Waals surface area contributed by atoms with Crippen LogP contribution in [0.4, 0.5) is 5.69 Å². The Morgan fingerprint density at radius 2 is 2.25 bits per heavy atom. The molecule has 3 nitrogen and oxygen atoms in total. The number of benzene rings is 1. The van der Waals surface area contributed by atoms with Gasteiger partial charge in [-0.3, -0.25) is 0 Å². The minimum absolute atomic E-state index is 0.498. The van der Waals surface area contributed by atoms with E-state index in [4.69, 9.17) is 29.1 Å². The molecule has 1 saturated carbocycles. The number of nitrogens with zero attached hydrogens (tertiary/aromatic N) is 1. The van der Waals surface area contributed by atoms with Gasteiger partial charge in [0.25, 0.3) is 0 Å². The van der Waals surface area contributed by atoms with E-state index in [1.807, 2.05) is 0 Å². The standard InChI is InChI=1S/C11H10ClN3S/c12-9-4-1-7(6-13)5-10(9)15-11(16)14-8-2-3-8/h1,4-5,8H,2-3H2,(H2,14,15,16). The molecule has 2 rings (SSSR count). The Kier molecular flexibility index (Phi) is 3.28. The molecule has 0 aromatic heterocycles. The summed E-state index contributed by atoms with van der Waals surface area (Å²) >= 11 is 11.1. The molecular weight excluding hydrogens is 242 g/mol. The third-order valence-electron chi connectivity index (χ3n) is 2.26. The lowest BCUT2D eigenvalue weighted by atomic mass is 10.2. The van der Waals surface area contributed by atoms with Crippen molar-refractivity contribution in [3.05, 3.63) is 28.8 Å². The van der Waals surface area contributed by atoms with Gasteiger partial charge in [-0.25, -0.2) is 0 Å². The summed E-state index contributed by atoms with van der Waals surface area (Å²) in [4.78, 5) is 0. The Bertz CT molecular complexity index is 463. The predicted octanol–water partition coefficient (Wildman–Crippen LogP) is 2.66. The number of halogens is 1. The van der Waals surface area contributed by atoms with Gasteiger partial charge in [0.2, 0.25) is 0 Å². The van der Waals surface area contributed by atoms with Crippen LogP contribution in [0.5, 0.6) is 0 Å². The lowest BCUT2D eigenvalue weighted by Gasteiger charge is -2.11. The molecule has 1 aromatic rings. The molecule has 0 amide bonds. The van der Waals surface area contributed by atoms with E-state index in [1.54, 1.807) is 18.2 Å². The Morgan fingerprint density at radius 1 is 1.50 bits per heavy atom. The highest BCUT2D eigenvalue weighted by atomic mass is 35.5. The summed E-state index contributed by atoms with van der Waals surface area (Å²) in [6, 6.07) is 7.59. The Balaban J connectivity index is 2.07. The first-order valence-electron chi connectivity index (χ1n) is 4.96. The van der Waals surface area contributed by atoms with E-state index in [2.05, 4.69) is 16.7 Å². The van der Waals surface area contributed by atoms with Gasteiger partial charge in [0.15, 0.2) is 5.11 Å². The van der Waals surface area contributed by atoms with Gasteiger partial charge >= 0.3 is 0 Å². The second-order valence-corrected chi connectivity index (χ2v) is 4.49. The first-order valence-corrected chi connectivity index (χ1v) is 5.75. The van der Waals surface area contributed by atoms with E-state index in [0.29, 0.717) is 27.4 Å². The Morgan fingerprint density at radius 3 is 2.88 bits per heavy atom. The highest BCUT2D eigenvalue weighted by Crippen LogP contribution is 2.23. The fraction of sp³-hybridized carbons (Fsp3) is 0.273. The average Bonchev–Trinajstić information content (AvgIpc) is 3.05. The van der Waals surface area contributed by atoms with Gasteiger partial charge in [-0.05, 0) is 43.3 Å². The fourth-order valence-electron chi connectivity index (χ4n) is 1.26. The van der Waals surface area contributed by atoms with Crippen LogP contribution in [0.2, 0.25) is 5.02 Å². The van der Waals surface area contributed by atoms with Crippen molar-refractivity contribution in [3.8, 4) is 6.07 Å². The molecular formula is C11H10ClN3S. The summed E-state index contributed by atoms with van der Waals surface area (Å²) < 4.78 is 0. The summed E-state index contributed by atoms with van der Waals surface area (Å²) in [7, 11) is 0. The first-order chi connectivity index (χ1) is 7.69. The summed E-state index contributed by atoms with van der Waals surface area (Å²) in [5.41, 5.74) is 1.22. The molecule has 0 spiro atoms. The topological polar surface area (TPSA) is 47.9 Å². The number of rotatable bonds is 2. The van der Waals surface area contributed by atoms with Crippen LogP contribution < -0.4 is 10.6 Å². The molecule has 0 heterocycles. The molecule has 16 heavy (non-hydrogen) atoms. The van der Waals surface area contributed by atoms with E-state index in [9.17, 15) is 0 Å². The van der Waals surface area contributed by atoms with Crippen molar-refractivity contribution in [2.45, 2.75) is 18.9 Å². The van der Waals surface area contributed by atoms with Gasteiger partial charge < -0.3 is 10.6 Å². The zero-order chi connectivity index (χ0) is 11.5. The summed E-state index contributed by atoms with van der Waals surface area (Å²) in [6.45, 7) is 0. The molecule has 0 atom stereocenters. The normalized spacial score (nSPS) is 14.0. The Hall–Kier alpha value is -1.31.